The molecule has 0 radical (unpaired) electrons. The number of rotatable bonds is 5. The summed E-state index contributed by atoms with van der Waals surface area (Å²) in [5.41, 5.74) is 2.80. The van der Waals surface area contributed by atoms with E-state index < -0.39 is 0 Å². The van der Waals surface area contributed by atoms with Crippen molar-refractivity contribution in [3.8, 4) is 0 Å². The highest BCUT2D eigenvalue weighted by Crippen LogP contribution is 2.29. The fourth-order valence-electron chi connectivity index (χ4n) is 2.14. The van der Waals surface area contributed by atoms with Crippen molar-refractivity contribution < 1.29 is 4.42 Å². The molecule has 0 saturated carbocycles. The van der Waals surface area contributed by atoms with Gasteiger partial charge < -0.3 is 9.73 Å². The molecule has 0 bridgehead atoms. The number of hydrogen-bond acceptors (Lipinski definition) is 4. The van der Waals surface area contributed by atoms with Crippen molar-refractivity contribution in [1.29, 1.82) is 0 Å². The second-order valence-corrected chi connectivity index (χ2v) is 5.40. The largest absolute Gasteiger partial charge is 0.459 e. The first-order chi connectivity index (χ1) is 9.38. The molecule has 0 spiro atoms. The van der Waals surface area contributed by atoms with Crippen LogP contribution in [0.1, 0.15) is 30.0 Å². The molecule has 3 aromatic rings. The van der Waals surface area contributed by atoms with E-state index in [0.29, 0.717) is 0 Å². The molecule has 0 amide bonds. The van der Waals surface area contributed by atoms with E-state index in [-0.39, 0.29) is 6.04 Å². The summed E-state index contributed by atoms with van der Waals surface area (Å²) in [7, 11) is 0. The number of nitrogens with zero attached hydrogens (tertiary/aromatic N) is 1. The molecule has 0 aliphatic carbocycles. The van der Waals surface area contributed by atoms with E-state index in [2.05, 4.69) is 29.4 Å². The van der Waals surface area contributed by atoms with Gasteiger partial charge in [0.05, 0.1) is 5.51 Å². The number of thiazole rings is 1. The predicted molar refractivity (Wildman–Crippen MR) is 78.5 cm³/mol. The van der Waals surface area contributed by atoms with Gasteiger partial charge in [-0.1, -0.05) is 25.1 Å². The maximum atomic E-state index is 5.97. The average Bonchev–Trinajstić information content (AvgIpc) is 3.08. The van der Waals surface area contributed by atoms with E-state index in [1.165, 1.54) is 4.88 Å². The predicted octanol–water partition coefficient (Wildman–Crippen LogP) is 3.98. The highest BCUT2D eigenvalue weighted by molar-refractivity contribution is 7.09. The Balaban J connectivity index is 1.98. The standard InChI is InChI=1S/C15H16N2OS/c1-2-7-17-15(14-9-16-10-19-14)13-8-11-5-3-4-6-12(11)18-13/h3-6,8-10,15,17H,2,7H2,1H3. The topological polar surface area (TPSA) is 38.1 Å². The highest BCUT2D eigenvalue weighted by Gasteiger charge is 2.19. The summed E-state index contributed by atoms with van der Waals surface area (Å²) in [6, 6.07) is 10.3. The quantitative estimate of drug-likeness (QED) is 0.763. The molecule has 19 heavy (non-hydrogen) atoms. The van der Waals surface area contributed by atoms with E-state index in [0.717, 1.165) is 29.7 Å². The molecule has 4 heteroatoms. The van der Waals surface area contributed by atoms with Crippen LogP contribution in [0.3, 0.4) is 0 Å². The lowest BCUT2D eigenvalue weighted by molar-refractivity contribution is 0.473. The molecular formula is C15H16N2OS. The molecule has 3 nitrogen and oxygen atoms in total. The first kappa shape index (κ1) is 12.4. The fraction of sp³-hybridized carbons (Fsp3) is 0.267. The van der Waals surface area contributed by atoms with Crippen LogP contribution in [0.2, 0.25) is 0 Å². The molecule has 1 unspecified atom stereocenters. The van der Waals surface area contributed by atoms with Gasteiger partial charge in [-0.25, -0.2) is 0 Å². The van der Waals surface area contributed by atoms with Gasteiger partial charge in [-0.15, -0.1) is 11.3 Å². The van der Waals surface area contributed by atoms with Crippen LogP contribution < -0.4 is 5.32 Å². The third-order valence-electron chi connectivity index (χ3n) is 3.06. The molecule has 0 aliphatic heterocycles. The van der Waals surface area contributed by atoms with Crippen LogP contribution >= 0.6 is 11.3 Å². The molecule has 2 aromatic heterocycles. The summed E-state index contributed by atoms with van der Waals surface area (Å²) < 4.78 is 5.97. The van der Waals surface area contributed by atoms with Crippen LogP contribution in [-0.4, -0.2) is 11.5 Å². The van der Waals surface area contributed by atoms with Gasteiger partial charge in [0.2, 0.25) is 0 Å². The van der Waals surface area contributed by atoms with Crippen LogP contribution in [0, 0.1) is 0 Å². The van der Waals surface area contributed by atoms with E-state index in [1.807, 2.05) is 29.9 Å². The number of para-hydroxylation sites is 1. The zero-order chi connectivity index (χ0) is 13.1. The number of benzene rings is 1. The lowest BCUT2D eigenvalue weighted by Crippen LogP contribution is -2.21. The highest BCUT2D eigenvalue weighted by atomic mass is 32.1. The zero-order valence-corrected chi connectivity index (χ0v) is 11.6. The summed E-state index contributed by atoms with van der Waals surface area (Å²) in [6.45, 7) is 3.12. The molecule has 3 rings (SSSR count). The van der Waals surface area contributed by atoms with Gasteiger partial charge in [-0.2, -0.15) is 0 Å². The van der Waals surface area contributed by atoms with Crippen LogP contribution in [0.4, 0.5) is 0 Å². The van der Waals surface area contributed by atoms with Gasteiger partial charge in [0, 0.05) is 16.5 Å². The summed E-state index contributed by atoms with van der Waals surface area (Å²) in [4.78, 5) is 5.35. The van der Waals surface area contributed by atoms with Crippen LogP contribution in [0.25, 0.3) is 11.0 Å². The SMILES string of the molecule is CCCNC(c1cc2ccccc2o1)c1cncs1. The molecule has 98 valence electrons. The van der Waals surface area contributed by atoms with Gasteiger partial charge in [-0.3, -0.25) is 4.98 Å². The number of hydrogen-bond donors (Lipinski definition) is 1. The second kappa shape index (κ2) is 5.55. The van der Waals surface area contributed by atoms with Crippen molar-refractivity contribution in [3.63, 3.8) is 0 Å². The fourth-order valence-corrected chi connectivity index (χ4v) is 2.84. The van der Waals surface area contributed by atoms with E-state index in [1.54, 1.807) is 11.3 Å². The van der Waals surface area contributed by atoms with Crippen molar-refractivity contribution >= 4 is 22.3 Å². The lowest BCUT2D eigenvalue weighted by atomic mass is 10.1. The number of fused-ring (bicyclic) bond motifs is 1. The maximum Gasteiger partial charge on any atom is 0.134 e. The minimum Gasteiger partial charge on any atom is -0.459 e. The Hall–Kier alpha value is -1.65. The third kappa shape index (κ3) is 2.55. The average molecular weight is 272 g/mol. The Kier molecular flexibility index (Phi) is 3.62. The molecule has 1 aromatic carbocycles. The molecule has 1 atom stereocenters. The molecule has 1 N–H and O–H groups in total. The van der Waals surface area contributed by atoms with Gasteiger partial charge in [0.1, 0.15) is 17.4 Å². The number of aromatic nitrogens is 1. The maximum absolute atomic E-state index is 5.97. The Morgan fingerprint density at radius 2 is 2.26 bits per heavy atom. The van der Waals surface area contributed by atoms with Crippen molar-refractivity contribution in [3.05, 3.63) is 52.7 Å². The van der Waals surface area contributed by atoms with E-state index in [4.69, 9.17) is 4.42 Å². The smallest absolute Gasteiger partial charge is 0.134 e. The monoisotopic (exact) mass is 272 g/mol. The first-order valence-corrected chi connectivity index (χ1v) is 7.36. The van der Waals surface area contributed by atoms with Crippen LogP contribution in [-0.2, 0) is 0 Å². The van der Waals surface area contributed by atoms with Gasteiger partial charge >= 0.3 is 0 Å². The minimum absolute atomic E-state index is 0.0971. The molecule has 0 saturated heterocycles. The summed E-state index contributed by atoms with van der Waals surface area (Å²) >= 11 is 1.65. The second-order valence-electron chi connectivity index (χ2n) is 4.48. The van der Waals surface area contributed by atoms with Crippen molar-refractivity contribution in [2.45, 2.75) is 19.4 Å². The first-order valence-electron chi connectivity index (χ1n) is 6.48. The summed E-state index contributed by atoms with van der Waals surface area (Å²) in [5.74, 6) is 0.957. The van der Waals surface area contributed by atoms with Gasteiger partial charge in [0.15, 0.2) is 0 Å². The zero-order valence-electron chi connectivity index (χ0n) is 10.8. The van der Waals surface area contributed by atoms with Crippen LogP contribution in [0.15, 0.2) is 46.5 Å². The van der Waals surface area contributed by atoms with Crippen molar-refractivity contribution in [2.75, 3.05) is 6.54 Å². The Bertz CT molecular complexity index is 612. The van der Waals surface area contributed by atoms with Crippen molar-refractivity contribution in [2.24, 2.45) is 0 Å². The van der Waals surface area contributed by atoms with Crippen LogP contribution in [0.5, 0.6) is 0 Å². The van der Waals surface area contributed by atoms with E-state index >= 15 is 0 Å². The summed E-state index contributed by atoms with van der Waals surface area (Å²) in [5, 5.41) is 4.67. The Morgan fingerprint density at radius 3 is 3.00 bits per heavy atom. The minimum atomic E-state index is 0.0971. The molecular weight excluding hydrogens is 256 g/mol. The van der Waals surface area contributed by atoms with Crippen molar-refractivity contribution in [1.82, 2.24) is 10.3 Å². The van der Waals surface area contributed by atoms with E-state index in [9.17, 15) is 0 Å². The molecule has 0 fully saturated rings. The normalized spacial score (nSPS) is 12.9. The number of furan rings is 1. The van der Waals surface area contributed by atoms with Gasteiger partial charge in [-0.05, 0) is 25.1 Å². The Labute approximate surface area is 116 Å². The lowest BCUT2D eigenvalue weighted by Gasteiger charge is -2.13. The molecule has 2 heterocycles. The Morgan fingerprint density at radius 1 is 1.37 bits per heavy atom. The summed E-state index contributed by atoms with van der Waals surface area (Å²) in [6.07, 6.45) is 3.00. The number of nitrogens with one attached hydrogen (secondary N) is 1. The van der Waals surface area contributed by atoms with Gasteiger partial charge in [0.25, 0.3) is 0 Å². The third-order valence-corrected chi connectivity index (χ3v) is 3.90. The molecule has 0 aliphatic rings.